The summed E-state index contributed by atoms with van der Waals surface area (Å²) in [4.78, 5) is 28.6. The largest absolute Gasteiger partial charge is 0.369 e. The van der Waals surface area contributed by atoms with Crippen molar-refractivity contribution in [2.75, 3.05) is 0 Å². The maximum atomic E-state index is 11.9. The molecule has 6 nitrogen and oxygen atoms in total. The van der Waals surface area contributed by atoms with Crippen molar-refractivity contribution in [1.29, 1.82) is 0 Å². The van der Waals surface area contributed by atoms with E-state index in [1.54, 1.807) is 0 Å². The number of hydrogen-bond donors (Lipinski definition) is 2. The van der Waals surface area contributed by atoms with E-state index >= 15 is 0 Å². The first-order chi connectivity index (χ1) is 7.82. The molecular weight excluding hydrogens is 292 g/mol. The Balaban J connectivity index is 0.000000376. The molecule has 0 saturated carbocycles. The summed E-state index contributed by atoms with van der Waals surface area (Å²) in [5.41, 5.74) is 0. The van der Waals surface area contributed by atoms with Gasteiger partial charge in [0.2, 0.25) is 0 Å². The van der Waals surface area contributed by atoms with E-state index in [1.165, 1.54) is 0 Å². The minimum Gasteiger partial charge on any atom is -0.369 e. The van der Waals surface area contributed by atoms with E-state index in [4.69, 9.17) is 0 Å². The minimum absolute atomic E-state index is 0. The second-order valence-electron chi connectivity index (χ2n) is 10.3. The fraction of sp³-hybridized carbons (Fsp3) is 0.833. The molecule has 0 radical (unpaired) electrons. The van der Waals surface area contributed by atoms with E-state index in [9.17, 15) is 19.8 Å². The van der Waals surface area contributed by atoms with E-state index in [0.29, 0.717) is 38.5 Å². The van der Waals surface area contributed by atoms with Gasteiger partial charge < -0.3 is 12.3 Å². The maximum Gasteiger partial charge on any atom is -0.369 e. The fourth-order valence-corrected chi connectivity index (χ4v) is 92.4. The van der Waals surface area contributed by atoms with E-state index in [0.717, 1.165) is 0 Å². The molecule has 10 aliphatic heterocycles. The Morgan fingerprint density at radius 2 is 1.05 bits per heavy atom. The van der Waals surface area contributed by atoms with Gasteiger partial charge in [0.15, 0.2) is 0 Å². The number of carboxylic acids is 2. The summed E-state index contributed by atoms with van der Waals surface area (Å²) in [5, 5.41) is 23.8. The normalized spacial score (nSPS) is 110. The Morgan fingerprint density at radius 3 is 1.16 bits per heavy atom. The predicted molar refractivity (Wildman–Crippen MR) is 57.4 cm³/mol. The molecule has 19 heavy (non-hydrogen) atoms. The molecule has 0 aromatic carbocycles. The van der Waals surface area contributed by atoms with Crippen LogP contribution >= 0.6 is 0 Å². The van der Waals surface area contributed by atoms with Gasteiger partial charge in [-0.3, -0.25) is 0 Å². The molecule has 0 aliphatic carbocycles. The Hall–Kier alpha value is -0.621. The molecule has 10 saturated heterocycles. The molecule has 8 N–H and O–H groups in total. The van der Waals surface area contributed by atoms with Crippen LogP contribution in [0.2, 0.25) is 47.2 Å². The first-order valence-corrected chi connectivity index (χ1v) is 12.7. The Labute approximate surface area is 97.9 Å². The van der Waals surface area contributed by atoms with Gasteiger partial charge in [0.1, 0.15) is 0 Å². The van der Waals surface area contributed by atoms with Gasteiger partial charge in [-0.25, -0.2) is 0 Å². The Bertz CT molecular complexity index is 1010. The van der Waals surface area contributed by atoms with Crippen molar-refractivity contribution in [2.45, 2.75) is 47.2 Å². The van der Waals surface area contributed by atoms with Crippen LogP contribution in [-0.2, 0) is 16.1 Å². The van der Waals surface area contributed by atoms with Crippen molar-refractivity contribution >= 4 is 11.9 Å². The van der Waals surface area contributed by atoms with Gasteiger partial charge >= 0.3 is 85.4 Å². The molecule has 0 aromatic rings. The molecular formula is C12H16FeN2O4. The Kier molecular flexibility index (Phi) is 0.283. The predicted octanol–water partition coefficient (Wildman–Crippen LogP) is 0.368. The summed E-state index contributed by atoms with van der Waals surface area (Å²) < 4.78 is -1.49. The number of carboxylic acid groups (broad SMARTS) is 2. The minimum atomic E-state index is -4.22. The topological polar surface area (TPSA) is 153 Å². The molecule has 10 heterocycles. The van der Waals surface area contributed by atoms with Gasteiger partial charge in [0.25, 0.3) is 0 Å². The number of quaternary nitrogens is 2. The quantitative estimate of drug-likeness (QED) is 0.707. The van der Waals surface area contributed by atoms with E-state index in [2.05, 4.69) is 0 Å². The van der Waals surface area contributed by atoms with Crippen LogP contribution in [0.25, 0.3) is 0 Å². The molecule has 10 aliphatic rings. The third-order valence-electron chi connectivity index (χ3n) is 15.5. The third-order valence-corrected chi connectivity index (χ3v) is 58.1. The van der Waals surface area contributed by atoms with Crippen LogP contribution < -0.4 is 22.5 Å². The smallest absolute Gasteiger partial charge is 0.369 e. The number of fused-ring (bicyclic) bond motifs is 10. The van der Waals surface area contributed by atoms with E-state index in [-0.39, 0.29) is 12.3 Å². The van der Waals surface area contributed by atoms with Crippen molar-refractivity contribution in [3.05, 3.63) is 0 Å². The molecule has 4 atom stereocenters. The van der Waals surface area contributed by atoms with Crippen LogP contribution in [0.3, 0.4) is 0 Å². The van der Waals surface area contributed by atoms with Crippen molar-refractivity contribution in [1.82, 2.24) is 12.3 Å². The van der Waals surface area contributed by atoms with Crippen LogP contribution in [0.4, 0.5) is 0 Å². The number of hydrogen-bond acceptors (Lipinski definition) is 4. The molecule has 4 unspecified atom stereocenters. The van der Waals surface area contributed by atoms with Gasteiger partial charge in [-0.15, -0.1) is 0 Å². The molecule has 0 aromatic heterocycles. The van der Waals surface area contributed by atoms with Gasteiger partial charge in [-0.1, -0.05) is 0 Å². The van der Waals surface area contributed by atoms with E-state index < -0.39 is 27.1 Å². The van der Waals surface area contributed by atoms with Gasteiger partial charge in [-0.05, 0) is 0 Å². The summed E-state index contributed by atoms with van der Waals surface area (Å²) >= 11 is 0. The second kappa shape index (κ2) is 0.625. The first kappa shape index (κ1) is 8.62. The third kappa shape index (κ3) is 0.0723. The van der Waals surface area contributed by atoms with Crippen molar-refractivity contribution in [2.24, 2.45) is 0 Å². The summed E-state index contributed by atoms with van der Waals surface area (Å²) in [6, 6.07) is 0. The van der Waals surface area contributed by atoms with Crippen molar-refractivity contribution < 1.29 is 26.3 Å². The average Bonchev–Trinajstić information content (AvgIpc) is 3.22. The van der Waals surface area contributed by atoms with Crippen molar-refractivity contribution in [3.63, 3.8) is 0 Å². The molecule has 1 spiro atoms. The zero-order chi connectivity index (χ0) is 11.1. The first-order valence-electron chi connectivity index (χ1n) is 6.46. The number of rotatable bonds is 2. The number of carbonyl (C=O) groups excluding carboxylic acids is 2. The Morgan fingerprint density at radius 1 is 0.737 bits per heavy atom. The summed E-state index contributed by atoms with van der Waals surface area (Å²) in [5.74, 6) is -1.88. The standard InChI is InChI=1S/C7H5O4.C5H5.Fe.2H3N/c8-6(9)4-2-1-3-5(4)7(10)11;1-2-4-5-3-1;;;/h1-3H,(H,8,9)(H,10,11);1-5H;;2*1H3. The van der Waals surface area contributed by atoms with Gasteiger partial charge in [0.05, 0.1) is 0 Å². The average molecular weight is 308 g/mol. The zero-order valence-electron chi connectivity index (χ0n) is 10.6. The maximum absolute atomic E-state index is 11.9. The molecule has 10 rings (SSSR count). The summed E-state index contributed by atoms with van der Waals surface area (Å²) in [7, 11) is 0. The second-order valence-corrected chi connectivity index (χ2v) is 33.5. The monoisotopic (exact) mass is 308 g/mol. The fourth-order valence-electron chi connectivity index (χ4n) is 17.7. The van der Waals surface area contributed by atoms with Crippen LogP contribution in [-0.4, -0.2) is 11.9 Å². The van der Waals surface area contributed by atoms with Crippen LogP contribution in [0.15, 0.2) is 0 Å². The number of aliphatic carboxylic acids is 2. The summed E-state index contributed by atoms with van der Waals surface area (Å²) in [6.07, 6.45) is 0. The number of carbonyl (C=O) groups is 2. The van der Waals surface area contributed by atoms with Crippen molar-refractivity contribution in [3.8, 4) is 0 Å². The molecule has 7 heteroatoms. The van der Waals surface area contributed by atoms with E-state index in [1.807, 2.05) is 0 Å². The van der Waals surface area contributed by atoms with Gasteiger partial charge in [-0.2, -0.15) is 0 Å². The molecule has 106 valence electrons. The molecule has 10 fully saturated rings. The van der Waals surface area contributed by atoms with Crippen LogP contribution in [0.1, 0.15) is 0 Å². The summed E-state index contributed by atoms with van der Waals surface area (Å²) in [6.45, 7) is -4.22. The molecule has 0 amide bonds. The zero-order valence-corrected chi connectivity index (χ0v) is 11.7. The SMILES string of the molecule is O=C([O-])[C]12[CH]3[CH]4[CH]5[C]1(C(=O)[O-])[Fe]43521678[CH]2[CH]1[CH]6[CH]7[CH]28.[NH4+].[NH4+]. The van der Waals surface area contributed by atoms with Crippen LogP contribution in [0, 0.1) is 0 Å². The molecule has 0 bridgehead atoms. The van der Waals surface area contributed by atoms with Gasteiger partial charge in [0, 0.05) is 0 Å². The van der Waals surface area contributed by atoms with Crippen LogP contribution in [0.5, 0.6) is 0 Å².